The summed E-state index contributed by atoms with van der Waals surface area (Å²) in [6.07, 6.45) is 4.65. The fourth-order valence-corrected chi connectivity index (χ4v) is 5.54. The number of rotatable bonds is 9. The summed E-state index contributed by atoms with van der Waals surface area (Å²) in [7, 11) is 0. The van der Waals surface area contributed by atoms with E-state index in [0.29, 0.717) is 12.2 Å². The number of para-hydroxylation sites is 1. The minimum Gasteiger partial charge on any atom is -0.351 e. The van der Waals surface area contributed by atoms with Crippen LogP contribution in [-0.2, 0) is 27.5 Å². The second-order valence-corrected chi connectivity index (χ2v) is 10.3. The largest absolute Gasteiger partial charge is 0.351 e. The molecule has 8 nitrogen and oxygen atoms in total. The molecule has 2 unspecified atom stereocenters. The Bertz CT molecular complexity index is 1320. The molecule has 2 atom stereocenters. The van der Waals surface area contributed by atoms with Crippen LogP contribution >= 0.6 is 0 Å². The number of anilines is 1. The topological polar surface area (TPSA) is 103 Å². The molecule has 3 aromatic rings. The molecule has 206 valence electrons. The first-order valence-corrected chi connectivity index (χ1v) is 14.0. The van der Waals surface area contributed by atoms with Crippen molar-refractivity contribution in [3.8, 4) is 0 Å². The number of nitrogens with one attached hydrogen (secondary N) is 3. The molecule has 5 rings (SSSR count). The lowest BCUT2D eigenvalue weighted by atomic mass is 9.92. The zero-order chi connectivity index (χ0) is 27.7. The van der Waals surface area contributed by atoms with Gasteiger partial charge in [0.1, 0.15) is 17.7 Å². The van der Waals surface area contributed by atoms with Crippen LogP contribution in [0.3, 0.4) is 0 Å². The van der Waals surface area contributed by atoms with E-state index in [9.17, 15) is 14.4 Å². The van der Waals surface area contributed by atoms with Crippen LogP contribution in [0.4, 0.5) is 5.69 Å². The van der Waals surface area contributed by atoms with Crippen molar-refractivity contribution in [3.05, 3.63) is 102 Å². The summed E-state index contributed by atoms with van der Waals surface area (Å²) in [6, 6.07) is 27.3. The molecule has 0 spiro atoms. The summed E-state index contributed by atoms with van der Waals surface area (Å²) < 4.78 is 0. The minimum absolute atomic E-state index is 0.0554. The molecule has 2 aliphatic rings. The maximum absolute atomic E-state index is 14.0. The Morgan fingerprint density at radius 3 is 1.82 bits per heavy atom. The standard InChI is InChI=1S/C32H35N5O3/c38-30(33-21-23-13-5-1-6-14-23)27-28(36-35-25-17-9-3-10-18-25)32(40)37(26-19-11-4-12-20-26)29(27)31(39)34-22-24-15-7-2-8-16-24/h1-3,5-10,13-18,26-27,29,35H,4,11-12,19-22H2,(H,33,38)(H,34,39)/b36-28-. The van der Waals surface area contributed by atoms with Gasteiger partial charge >= 0.3 is 0 Å². The SMILES string of the molecule is O=C(NCc1ccccc1)C1/C(=N/Nc2ccccc2)C(=O)N(C2CCCCC2)C1C(=O)NCc1ccccc1. The third-order valence-corrected chi connectivity index (χ3v) is 7.58. The van der Waals surface area contributed by atoms with Crippen molar-refractivity contribution in [2.45, 2.75) is 57.3 Å². The summed E-state index contributed by atoms with van der Waals surface area (Å²) in [6.45, 7) is 0.585. The molecule has 1 aliphatic carbocycles. The average Bonchev–Trinajstić information content (AvgIpc) is 3.31. The smallest absolute Gasteiger partial charge is 0.271 e. The van der Waals surface area contributed by atoms with Crippen LogP contribution < -0.4 is 16.1 Å². The highest BCUT2D eigenvalue weighted by atomic mass is 16.2. The van der Waals surface area contributed by atoms with Gasteiger partial charge in [0, 0.05) is 19.1 Å². The van der Waals surface area contributed by atoms with Crippen molar-refractivity contribution >= 4 is 29.1 Å². The van der Waals surface area contributed by atoms with Crippen LogP contribution in [0.25, 0.3) is 0 Å². The number of carbonyl (C=O) groups is 3. The summed E-state index contributed by atoms with van der Waals surface area (Å²) in [4.78, 5) is 43.3. The zero-order valence-electron chi connectivity index (χ0n) is 22.5. The predicted molar refractivity (Wildman–Crippen MR) is 155 cm³/mol. The molecular formula is C32H35N5O3. The number of likely N-dealkylation sites (tertiary alicyclic amines) is 1. The highest BCUT2D eigenvalue weighted by molar-refractivity contribution is 6.46. The first-order chi connectivity index (χ1) is 19.6. The number of benzene rings is 3. The highest BCUT2D eigenvalue weighted by Gasteiger charge is 2.54. The van der Waals surface area contributed by atoms with Crippen molar-refractivity contribution in [3.63, 3.8) is 0 Å². The third kappa shape index (κ3) is 6.39. The van der Waals surface area contributed by atoms with E-state index in [-0.39, 0.29) is 30.1 Å². The lowest BCUT2D eigenvalue weighted by Gasteiger charge is -2.35. The van der Waals surface area contributed by atoms with E-state index in [0.717, 1.165) is 43.2 Å². The lowest BCUT2D eigenvalue weighted by Crippen LogP contribution is -2.53. The quantitative estimate of drug-likeness (QED) is 0.355. The molecule has 40 heavy (non-hydrogen) atoms. The van der Waals surface area contributed by atoms with Gasteiger partial charge in [-0.1, -0.05) is 98.1 Å². The molecule has 2 fully saturated rings. The molecular weight excluding hydrogens is 502 g/mol. The molecule has 1 aliphatic heterocycles. The maximum atomic E-state index is 14.0. The van der Waals surface area contributed by atoms with Gasteiger partial charge in [-0.25, -0.2) is 0 Å². The fourth-order valence-electron chi connectivity index (χ4n) is 5.54. The molecule has 0 radical (unpaired) electrons. The molecule has 1 saturated heterocycles. The number of hydrogen-bond acceptors (Lipinski definition) is 5. The Balaban J connectivity index is 1.47. The number of hydrazone groups is 1. The Hall–Kier alpha value is -4.46. The maximum Gasteiger partial charge on any atom is 0.271 e. The van der Waals surface area contributed by atoms with Gasteiger partial charge in [-0.05, 0) is 36.1 Å². The third-order valence-electron chi connectivity index (χ3n) is 7.58. The van der Waals surface area contributed by atoms with Crippen molar-refractivity contribution in [1.29, 1.82) is 0 Å². The molecule has 3 aromatic carbocycles. The first kappa shape index (κ1) is 27.1. The van der Waals surface area contributed by atoms with Gasteiger partial charge in [-0.3, -0.25) is 19.8 Å². The number of carbonyl (C=O) groups excluding carboxylic acids is 3. The van der Waals surface area contributed by atoms with Crippen molar-refractivity contribution in [1.82, 2.24) is 15.5 Å². The van der Waals surface area contributed by atoms with E-state index in [1.165, 1.54) is 0 Å². The molecule has 1 saturated carbocycles. The Labute approximate surface area is 234 Å². The normalized spacial score (nSPS) is 20.4. The Morgan fingerprint density at radius 1 is 0.725 bits per heavy atom. The van der Waals surface area contributed by atoms with Crippen molar-refractivity contribution < 1.29 is 14.4 Å². The second-order valence-electron chi connectivity index (χ2n) is 10.3. The van der Waals surface area contributed by atoms with E-state index in [1.54, 1.807) is 4.90 Å². The summed E-state index contributed by atoms with van der Waals surface area (Å²) in [5.41, 5.74) is 5.55. The zero-order valence-corrected chi connectivity index (χ0v) is 22.5. The fraction of sp³-hybridized carbons (Fsp3) is 0.312. The van der Waals surface area contributed by atoms with Crippen LogP contribution in [0.1, 0.15) is 43.2 Å². The summed E-state index contributed by atoms with van der Waals surface area (Å²) in [5, 5.41) is 10.4. The number of hydrogen-bond donors (Lipinski definition) is 3. The van der Waals surface area contributed by atoms with Gasteiger partial charge < -0.3 is 15.5 Å². The number of nitrogens with zero attached hydrogens (tertiary/aromatic N) is 2. The van der Waals surface area contributed by atoms with Crippen molar-refractivity contribution in [2.75, 3.05) is 5.43 Å². The molecule has 0 bridgehead atoms. The minimum atomic E-state index is -1.06. The molecule has 3 N–H and O–H groups in total. The van der Waals surface area contributed by atoms with E-state index >= 15 is 0 Å². The highest BCUT2D eigenvalue weighted by Crippen LogP contribution is 2.33. The van der Waals surface area contributed by atoms with Crippen molar-refractivity contribution in [2.24, 2.45) is 11.0 Å². The van der Waals surface area contributed by atoms with Crippen LogP contribution in [0.2, 0.25) is 0 Å². The van der Waals surface area contributed by atoms with Gasteiger partial charge in [0.15, 0.2) is 0 Å². The summed E-state index contributed by atoms with van der Waals surface area (Å²) in [5.74, 6) is -2.18. The Kier molecular flexibility index (Phi) is 8.86. The summed E-state index contributed by atoms with van der Waals surface area (Å²) >= 11 is 0. The molecule has 8 heteroatoms. The predicted octanol–water partition coefficient (Wildman–Crippen LogP) is 4.25. The lowest BCUT2D eigenvalue weighted by molar-refractivity contribution is -0.139. The monoisotopic (exact) mass is 537 g/mol. The van der Waals surface area contributed by atoms with Crippen LogP contribution in [0.5, 0.6) is 0 Å². The van der Waals surface area contributed by atoms with Gasteiger partial charge in [0.25, 0.3) is 5.91 Å². The van der Waals surface area contributed by atoms with E-state index in [4.69, 9.17) is 0 Å². The van der Waals surface area contributed by atoms with E-state index in [1.807, 2.05) is 91.0 Å². The molecule has 0 aromatic heterocycles. The van der Waals surface area contributed by atoms with Crippen LogP contribution in [0.15, 0.2) is 96.1 Å². The Morgan fingerprint density at radius 2 is 1.25 bits per heavy atom. The van der Waals surface area contributed by atoms with Gasteiger partial charge in [-0.15, -0.1) is 0 Å². The molecule has 1 heterocycles. The van der Waals surface area contributed by atoms with Crippen LogP contribution in [-0.4, -0.2) is 40.4 Å². The van der Waals surface area contributed by atoms with E-state index < -0.39 is 17.9 Å². The van der Waals surface area contributed by atoms with Gasteiger partial charge in [0.05, 0.1) is 5.69 Å². The number of amides is 3. The molecule has 3 amide bonds. The van der Waals surface area contributed by atoms with Crippen LogP contribution in [0, 0.1) is 5.92 Å². The van der Waals surface area contributed by atoms with Gasteiger partial charge in [-0.2, -0.15) is 5.10 Å². The second kappa shape index (κ2) is 13.1. The first-order valence-electron chi connectivity index (χ1n) is 14.0. The van der Waals surface area contributed by atoms with E-state index in [2.05, 4.69) is 21.2 Å². The average molecular weight is 538 g/mol. The van der Waals surface area contributed by atoms with Gasteiger partial charge in [0.2, 0.25) is 11.8 Å².